The lowest BCUT2D eigenvalue weighted by Crippen LogP contribution is -2.40. The lowest BCUT2D eigenvalue weighted by atomic mass is 10.1. The van der Waals surface area contributed by atoms with Gasteiger partial charge in [0.15, 0.2) is 0 Å². The molecule has 2 nitrogen and oxygen atoms in total. The number of hydrogen-bond donors (Lipinski definition) is 1. The van der Waals surface area contributed by atoms with Crippen LogP contribution in [0.15, 0.2) is 29.2 Å². The molecule has 1 atom stereocenters. The topological polar surface area (TPSA) is 35.8 Å². The van der Waals surface area contributed by atoms with Crippen molar-refractivity contribution in [2.75, 3.05) is 12.8 Å². The van der Waals surface area contributed by atoms with Crippen LogP contribution >= 0.6 is 11.8 Å². The van der Waals surface area contributed by atoms with E-state index in [1.807, 2.05) is 6.92 Å². The Hall–Kier alpha value is -1.05. The molecule has 0 saturated carbocycles. The molecule has 1 N–H and O–H groups in total. The maximum atomic E-state index is 12.6. The maximum absolute atomic E-state index is 12.6. The highest BCUT2D eigenvalue weighted by Crippen LogP contribution is 2.22. The number of halogens is 1. The first-order chi connectivity index (χ1) is 7.09. The smallest absolute Gasteiger partial charge is 0.123 e. The van der Waals surface area contributed by atoms with E-state index >= 15 is 0 Å². The normalized spacial score (nSPS) is 14.3. The van der Waals surface area contributed by atoms with E-state index in [2.05, 4.69) is 11.4 Å². The monoisotopic (exact) mass is 224 g/mol. The molecule has 0 amide bonds. The van der Waals surface area contributed by atoms with Crippen LogP contribution in [-0.2, 0) is 0 Å². The number of rotatable bonds is 4. The standard InChI is InChI=1S/C11H13FN2S/c1-11(7-13,14-2)8-15-10-5-3-9(12)4-6-10/h3-6,14H,8H2,1-2H3. The van der Waals surface area contributed by atoms with Gasteiger partial charge < -0.3 is 5.32 Å². The van der Waals surface area contributed by atoms with Crippen molar-refractivity contribution in [2.45, 2.75) is 17.4 Å². The lowest BCUT2D eigenvalue weighted by Gasteiger charge is -2.19. The molecule has 0 saturated heterocycles. The Morgan fingerprint density at radius 2 is 2.07 bits per heavy atom. The Morgan fingerprint density at radius 1 is 1.47 bits per heavy atom. The van der Waals surface area contributed by atoms with Gasteiger partial charge in [-0.1, -0.05) is 0 Å². The van der Waals surface area contributed by atoms with Gasteiger partial charge in [-0.2, -0.15) is 5.26 Å². The molecule has 15 heavy (non-hydrogen) atoms. The maximum Gasteiger partial charge on any atom is 0.123 e. The number of nitriles is 1. The number of thioether (sulfide) groups is 1. The Balaban J connectivity index is 2.58. The number of benzene rings is 1. The van der Waals surface area contributed by atoms with Crippen LogP contribution in [0.3, 0.4) is 0 Å². The van der Waals surface area contributed by atoms with Crippen LogP contribution in [0.4, 0.5) is 4.39 Å². The van der Waals surface area contributed by atoms with E-state index in [0.717, 1.165) is 4.90 Å². The summed E-state index contributed by atoms with van der Waals surface area (Å²) >= 11 is 1.53. The molecule has 0 aliphatic carbocycles. The van der Waals surface area contributed by atoms with Gasteiger partial charge in [0.25, 0.3) is 0 Å². The van der Waals surface area contributed by atoms with Crippen molar-refractivity contribution in [1.29, 1.82) is 5.26 Å². The molecule has 1 aromatic rings. The van der Waals surface area contributed by atoms with E-state index < -0.39 is 5.54 Å². The molecule has 0 aliphatic rings. The van der Waals surface area contributed by atoms with Gasteiger partial charge >= 0.3 is 0 Å². The van der Waals surface area contributed by atoms with Crippen molar-refractivity contribution >= 4 is 11.8 Å². The molecule has 4 heteroatoms. The van der Waals surface area contributed by atoms with Gasteiger partial charge in [0.05, 0.1) is 6.07 Å². The summed E-state index contributed by atoms with van der Waals surface area (Å²) in [6.07, 6.45) is 0. The van der Waals surface area contributed by atoms with E-state index in [9.17, 15) is 4.39 Å². The predicted molar refractivity (Wildman–Crippen MR) is 60.2 cm³/mol. The quantitative estimate of drug-likeness (QED) is 0.798. The third-order valence-corrected chi connectivity index (χ3v) is 3.47. The Morgan fingerprint density at radius 3 is 2.53 bits per heavy atom. The predicted octanol–water partition coefficient (Wildman–Crippen LogP) is 2.42. The van der Waals surface area contributed by atoms with E-state index in [1.54, 1.807) is 19.2 Å². The van der Waals surface area contributed by atoms with Crippen LogP contribution in [0.2, 0.25) is 0 Å². The third-order valence-electron chi connectivity index (χ3n) is 2.14. The van der Waals surface area contributed by atoms with Crippen LogP contribution in [0.25, 0.3) is 0 Å². The molecule has 0 heterocycles. The zero-order valence-electron chi connectivity index (χ0n) is 8.75. The average Bonchev–Trinajstić information content (AvgIpc) is 2.28. The third kappa shape index (κ3) is 3.54. The van der Waals surface area contributed by atoms with Crippen molar-refractivity contribution in [3.63, 3.8) is 0 Å². The number of hydrogen-bond acceptors (Lipinski definition) is 3. The van der Waals surface area contributed by atoms with E-state index in [-0.39, 0.29) is 5.82 Å². The first-order valence-electron chi connectivity index (χ1n) is 4.58. The van der Waals surface area contributed by atoms with Crippen LogP contribution < -0.4 is 5.32 Å². The summed E-state index contributed by atoms with van der Waals surface area (Å²) < 4.78 is 12.6. The second-order valence-corrected chi connectivity index (χ2v) is 4.49. The lowest BCUT2D eigenvalue weighted by molar-refractivity contribution is 0.550. The van der Waals surface area contributed by atoms with E-state index in [1.165, 1.54) is 23.9 Å². The summed E-state index contributed by atoms with van der Waals surface area (Å²) in [7, 11) is 1.76. The van der Waals surface area contributed by atoms with Gasteiger partial charge in [-0.15, -0.1) is 11.8 Å². The zero-order chi connectivity index (χ0) is 11.3. The van der Waals surface area contributed by atoms with Gasteiger partial charge in [0, 0.05) is 10.6 Å². The molecule has 1 aromatic carbocycles. The van der Waals surface area contributed by atoms with E-state index in [4.69, 9.17) is 5.26 Å². The summed E-state index contributed by atoms with van der Waals surface area (Å²) in [5.74, 6) is 0.391. The van der Waals surface area contributed by atoms with Crippen molar-refractivity contribution in [3.05, 3.63) is 30.1 Å². The minimum absolute atomic E-state index is 0.240. The van der Waals surface area contributed by atoms with Crippen molar-refractivity contribution in [3.8, 4) is 6.07 Å². The van der Waals surface area contributed by atoms with Gasteiger partial charge in [-0.25, -0.2) is 4.39 Å². The summed E-state index contributed by atoms with van der Waals surface area (Å²) in [6, 6.07) is 8.48. The minimum Gasteiger partial charge on any atom is -0.302 e. The molecule has 80 valence electrons. The van der Waals surface area contributed by atoms with Crippen LogP contribution in [0.5, 0.6) is 0 Å². The second-order valence-electron chi connectivity index (χ2n) is 3.44. The van der Waals surface area contributed by atoms with Gasteiger partial charge in [-0.05, 0) is 38.2 Å². The Kier molecular flexibility index (Phi) is 4.13. The highest BCUT2D eigenvalue weighted by Gasteiger charge is 2.20. The van der Waals surface area contributed by atoms with Crippen molar-refractivity contribution < 1.29 is 4.39 Å². The van der Waals surface area contributed by atoms with Crippen molar-refractivity contribution in [1.82, 2.24) is 5.32 Å². The summed E-state index contributed by atoms with van der Waals surface area (Å²) in [5, 5.41) is 11.9. The summed E-state index contributed by atoms with van der Waals surface area (Å²) in [6.45, 7) is 1.84. The highest BCUT2D eigenvalue weighted by molar-refractivity contribution is 7.99. The fourth-order valence-corrected chi connectivity index (χ4v) is 1.91. The molecule has 1 rings (SSSR count). The molecule has 1 unspecified atom stereocenters. The largest absolute Gasteiger partial charge is 0.302 e. The van der Waals surface area contributed by atoms with Gasteiger partial charge in [-0.3, -0.25) is 0 Å². The van der Waals surface area contributed by atoms with E-state index in [0.29, 0.717) is 5.75 Å². The van der Waals surface area contributed by atoms with Crippen molar-refractivity contribution in [2.24, 2.45) is 0 Å². The highest BCUT2D eigenvalue weighted by atomic mass is 32.2. The molecule has 0 radical (unpaired) electrons. The Bertz CT molecular complexity index is 358. The number of nitrogens with one attached hydrogen (secondary N) is 1. The molecule has 0 aromatic heterocycles. The van der Waals surface area contributed by atoms with Crippen LogP contribution in [0.1, 0.15) is 6.92 Å². The molecule has 0 fully saturated rings. The zero-order valence-corrected chi connectivity index (χ0v) is 9.57. The average molecular weight is 224 g/mol. The Labute approximate surface area is 93.5 Å². The summed E-state index contributed by atoms with van der Waals surface area (Å²) in [5.41, 5.74) is -0.543. The van der Waals surface area contributed by atoms with Gasteiger partial charge in [0.1, 0.15) is 11.4 Å². The van der Waals surface area contributed by atoms with Gasteiger partial charge in [0.2, 0.25) is 0 Å². The first kappa shape index (κ1) is 12.0. The molecule has 0 spiro atoms. The summed E-state index contributed by atoms with van der Waals surface area (Å²) in [4.78, 5) is 0.966. The second kappa shape index (κ2) is 5.15. The fraction of sp³-hybridized carbons (Fsp3) is 0.364. The molecule has 0 aliphatic heterocycles. The fourth-order valence-electron chi connectivity index (χ4n) is 0.919. The van der Waals surface area contributed by atoms with Crippen LogP contribution in [0, 0.1) is 17.1 Å². The number of nitrogens with zero attached hydrogens (tertiary/aromatic N) is 1. The SMILES string of the molecule is CNC(C)(C#N)CSc1ccc(F)cc1. The molecular weight excluding hydrogens is 211 g/mol. The molecule has 0 bridgehead atoms. The molecular formula is C11H13FN2S. The first-order valence-corrected chi connectivity index (χ1v) is 5.57. The minimum atomic E-state index is -0.543. The van der Waals surface area contributed by atoms with Crippen LogP contribution in [-0.4, -0.2) is 18.3 Å².